The fraction of sp³-hybridized carbons (Fsp3) is 0.130. The Bertz CT molecular complexity index is 1160. The van der Waals surface area contributed by atoms with E-state index < -0.39 is 11.9 Å². The lowest BCUT2D eigenvalue weighted by Crippen LogP contribution is -2.30. The van der Waals surface area contributed by atoms with E-state index in [4.69, 9.17) is 16.9 Å². The molecule has 0 saturated heterocycles. The number of nitrogens with two attached hydrogens (primary N) is 2. The van der Waals surface area contributed by atoms with Crippen molar-refractivity contribution in [1.29, 1.82) is 5.41 Å². The van der Waals surface area contributed by atoms with Crippen LogP contribution in [0.3, 0.4) is 0 Å². The molecule has 0 aliphatic carbocycles. The lowest BCUT2D eigenvalue weighted by molar-refractivity contribution is -0.117. The van der Waals surface area contributed by atoms with Gasteiger partial charge in [0, 0.05) is 31.4 Å². The molecule has 1 aromatic heterocycles. The van der Waals surface area contributed by atoms with Crippen LogP contribution in [-0.2, 0) is 17.8 Å². The highest BCUT2D eigenvalue weighted by atomic mass is 19.1. The zero-order valence-corrected chi connectivity index (χ0v) is 18.0. The summed E-state index contributed by atoms with van der Waals surface area (Å²) in [5.41, 5.74) is 14.2. The van der Waals surface area contributed by atoms with Gasteiger partial charge in [-0.3, -0.25) is 10.2 Å². The minimum absolute atomic E-state index is 0.154. The molecule has 1 heterocycles. The minimum Gasteiger partial charge on any atom is -0.393 e. The Morgan fingerprint density at radius 2 is 1.73 bits per heavy atom. The summed E-state index contributed by atoms with van der Waals surface area (Å²) in [5, 5.41) is 16.0. The molecule has 0 unspecified atom stereocenters. The molecule has 33 heavy (non-hydrogen) atoms. The smallest absolute Gasteiger partial charge is 0.257 e. The van der Waals surface area contributed by atoms with Gasteiger partial charge in [-0.2, -0.15) is 4.39 Å². The molecule has 3 rings (SSSR count). The van der Waals surface area contributed by atoms with Crippen LogP contribution in [0.15, 0.2) is 72.2 Å². The molecule has 3 aromatic rings. The number of nitrogens with zero attached hydrogens (tertiary/aromatic N) is 2. The first-order valence-corrected chi connectivity index (χ1v) is 10.1. The summed E-state index contributed by atoms with van der Waals surface area (Å²) in [6, 6.07) is 16.5. The van der Waals surface area contributed by atoms with Crippen molar-refractivity contribution in [3.05, 3.63) is 83.3 Å². The summed E-state index contributed by atoms with van der Waals surface area (Å²) in [6.45, 7) is 0.154. The zero-order chi connectivity index (χ0) is 23.8. The number of nitrogen functional groups attached to an aromatic ring is 2. The second kappa shape index (κ2) is 10.7. The molecule has 0 aliphatic heterocycles. The van der Waals surface area contributed by atoms with Crippen LogP contribution in [0, 0.1) is 5.41 Å². The highest BCUT2D eigenvalue weighted by Crippen LogP contribution is 2.23. The zero-order valence-electron chi connectivity index (χ0n) is 18.0. The second-order valence-electron chi connectivity index (χ2n) is 7.11. The van der Waals surface area contributed by atoms with Gasteiger partial charge in [0.25, 0.3) is 5.91 Å². The number of nitrogens with one attached hydrogen (secondary N) is 4. The lowest BCUT2D eigenvalue weighted by Gasteiger charge is -2.14. The molecular weight excluding hydrogens is 423 g/mol. The summed E-state index contributed by atoms with van der Waals surface area (Å²) < 4.78 is 14.0. The number of carbonyl (C=O) groups is 1. The molecule has 0 bridgehead atoms. The van der Waals surface area contributed by atoms with Gasteiger partial charge in [-0.05, 0) is 23.3 Å². The van der Waals surface area contributed by atoms with Gasteiger partial charge < -0.3 is 27.4 Å². The average molecular weight is 449 g/mol. The Kier molecular flexibility index (Phi) is 7.53. The third kappa shape index (κ3) is 6.03. The van der Waals surface area contributed by atoms with Gasteiger partial charge in [0.15, 0.2) is 11.6 Å². The van der Waals surface area contributed by atoms with Crippen molar-refractivity contribution in [2.24, 2.45) is 0 Å². The van der Waals surface area contributed by atoms with Crippen LogP contribution in [0.5, 0.6) is 0 Å². The molecule has 1 amide bonds. The SMILES string of the molecule is CN/C(Cc1ccccc1)=C(\C(=N)F)C(=O)NCc1ccc(Nc2ncnc(N)c2N)cc1. The molecular formula is C23H25FN8O. The number of hydrogen-bond donors (Lipinski definition) is 6. The Hall–Kier alpha value is -4.47. The van der Waals surface area contributed by atoms with Crippen molar-refractivity contribution in [2.75, 3.05) is 23.8 Å². The summed E-state index contributed by atoms with van der Waals surface area (Å²) in [5.74, 6) is -1.40. The first kappa shape index (κ1) is 23.2. The number of benzene rings is 2. The van der Waals surface area contributed by atoms with E-state index in [0.29, 0.717) is 23.6 Å². The fourth-order valence-corrected chi connectivity index (χ4v) is 3.09. The lowest BCUT2D eigenvalue weighted by atomic mass is 10.0. The van der Waals surface area contributed by atoms with Crippen molar-refractivity contribution in [3.8, 4) is 0 Å². The Balaban J connectivity index is 1.67. The number of carbonyl (C=O) groups excluding carboxylic acids is 1. The molecule has 9 nitrogen and oxygen atoms in total. The summed E-state index contributed by atoms with van der Waals surface area (Å²) in [7, 11) is 1.60. The predicted octanol–water partition coefficient (Wildman–Crippen LogP) is 2.66. The quantitative estimate of drug-likeness (QED) is 0.217. The van der Waals surface area contributed by atoms with Crippen LogP contribution < -0.4 is 27.4 Å². The Morgan fingerprint density at radius 3 is 2.36 bits per heavy atom. The number of hydrogen-bond acceptors (Lipinski definition) is 8. The number of aromatic nitrogens is 2. The monoisotopic (exact) mass is 448 g/mol. The van der Waals surface area contributed by atoms with E-state index in [2.05, 4.69) is 25.9 Å². The van der Waals surface area contributed by atoms with Crippen molar-refractivity contribution in [1.82, 2.24) is 20.6 Å². The van der Waals surface area contributed by atoms with Gasteiger partial charge in [0.2, 0.25) is 5.97 Å². The van der Waals surface area contributed by atoms with Crippen LogP contribution in [0.25, 0.3) is 0 Å². The van der Waals surface area contributed by atoms with Gasteiger partial charge in [0.05, 0.1) is 0 Å². The Morgan fingerprint density at radius 1 is 1.03 bits per heavy atom. The second-order valence-corrected chi connectivity index (χ2v) is 7.11. The van der Waals surface area contributed by atoms with Crippen LogP contribution in [-0.4, -0.2) is 28.9 Å². The van der Waals surface area contributed by atoms with Crippen molar-refractivity contribution < 1.29 is 9.18 Å². The largest absolute Gasteiger partial charge is 0.393 e. The number of amides is 1. The van der Waals surface area contributed by atoms with Crippen molar-refractivity contribution >= 4 is 34.9 Å². The summed E-state index contributed by atoms with van der Waals surface area (Å²) in [6.07, 6.45) is 1.60. The van der Waals surface area contributed by atoms with E-state index in [-0.39, 0.29) is 23.6 Å². The summed E-state index contributed by atoms with van der Waals surface area (Å²) in [4.78, 5) is 20.6. The van der Waals surface area contributed by atoms with Gasteiger partial charge in [-0.25, -0.2) is 9.97 Å². The third-order valence-electron chi connectivity index (χ3n) is 4.86. The molecule has 2 aromatic carbocycles. The maximum Gasteiger partial charge on any atom is 0.257 e. The first-order chi connectivity index (χ1) is 15.9. The van der Waals surface area contributed by atoms with E-state index in [0.717, 1.165) is 11.1 Å². The van der Waals surface area contributed by atoms with Crippen LogP contribution >= 0.6 is 0 Å². The standard InChI is InChI=1S/C23H25FN8O/c1-28-17(11-14-5-3-2-4-6-14)18(20(24)26)23(33)29-12-15-7-9-16(10-8-15)32-22-19(25)21(27)30-13-31-22/h2-10,13,26,28H,11-12,25H2,1H3,(H,29,33)(H3,27,30,31,32)/b18-17+,26-20?. The molecule has 10 heteroatoms. The van der Waals surface area contributed by atoms with Crippen molar-refractivity contribution in [2.45, 2.75) is 13.0 Å². The van der Waals surface area contributed by atoms with Gasteiger partial charge in [0.1, 0.15) is 17.6 Å². The molecule has 8 N–H and O–H groups in total. The summed E-state index contributed by atoms with van der Waals surface area (Å²) >= 11 is 0. The molecule has 0 spiro atoms. The predicted molar refractivity (Wildman–Crippen MR) is 127 cm³/mol. The van der Waals surface area contributed by atoms with Crippen LogP contribution in [0.2, 0.25) is 0 Å². The van der Waals surface area contributed by atoms with E-state index in [1.165, 1.54) is 6.33 Å². The Labute approximate surface area is 190 Å². The van der Waals surface area contributed by atoms with E-state index in [1.54, 1.807) is 31.3 Å². The molecule has 0 saturated carbocycles. The van der Waals surface area contributed by atoms with Gasteiger partial charge in [-0.15, -0.1) is 0 Å². The van der Waals surface area contributed by atoms with Gasteiger partial charge >= 0.3 is 0 Å². The molecule has 0 atom stereocenters. The third-order valence-corrected chi connectivity index (χ3v) is 4.86. The van der Waals surface area contributed by atoms with E-state index in [9.17, 15) is 9.18 Å². The molecule has 0 aliphatic rings. The molecule has 170 valence electrons. The molecule has 0 radical (unpaired) electrons. The number of halogens is 1. The number of likely N-dealkylation sites (N-methyl/N-ethyl adjacent to an activating group) is 1. The first-order valence-electron chi connectivity index (χ1n) is 10.1. The van der Waals surface area contributed by atoms with Crippen molar-refractivity contribution in [3.63, 3.8) is 0 Å². The van der Waals surface area contributed by atoms with Crippen LogP contribution in [0.4, 0.5) is 27.4 Å². The fourth-order valence-electron chi connectivity index (χ4n) is 3.09. The number of allylic oxidation sites excluding steroid dienone is 1. The molecule has 0 fully saturated rings. The highest BCUT2D eigenvalue weighted by molar-refractivity contribution is 6.17. The topological polar surface area (TPSA) is 155 Å². The number of rotatable bonds is 9. The normalized spacial score (nSPS) is 11.3. The average Bonchev–Trinajstić information content (AvgIpc) is 2.81. The maximum atomic E-state index is 14.0. The minimum atomic E-state index is -1.30. The van der Waals surface area contributed by atoms with E-state index >= 15 is 0 Å². The van der Waals surface area contributed by atoms with Gasteiger partial charge in [-0.1, -0.05) is 42.5 Å². The highest BCUT2D eigenvalue weighted by Gasteiger charge is 2.20. The maximum absolute atomic E-state index is 14.0. The van der Waals surface area contributed by atoms with Crippen LogP contribution in [0.1, 0.15) is 11.1 Å². The van der Waals surface area contributed by atoms with E-state index in [1.807, 2.05) is 30.3 Å². The number of anilines is 4.